The molecule has 0 aromatic heterocycles. The predicted octanol–water partition coefficient (Wildman–Crippen LogP) is 4.01. The first-order valence-corrected chi connectivity index (χ1v) is 7.18. The van der Waals surface area contributed by atoms with Gasteiger partial charge < -0.3 is 15.8 Å². The first kappa shape index (κ1) is 20.1. The van der Waals surface area contributed by atoms with Crippen molar-refractivity contribution in [1.82, 2.24) is 0 Å². The van der Waals surface area contributed by atoms with Crippen LogP contribution in [0.1, 0.15) is 11.1 Å². The Morgan fingerprint density at radius 3 is 2.54 bits per heavy atom. The molecule has 0 saturated carbocycles. The zero-order valence-corrected chi connectivity index (χ0v) is 15.8. The van der Waals surface area contributed by atoms with E-state index in [1.807, 2.05) is 32.0 Å². The van der Waals surface area contributed by atoms with Crippen molar-refractivity contribution in [2.75, 3.05) is 18.5 Å². The minimum Gasteiger partial charge on any atom is -0.489 e. The van der Waals surface area contributed by atoms with Gasteiger partial charge in [-0.3, -0.25) is 0 Å². The molecule has 0 aliphatic heterocycles. The molecule has 2 rings (SSSR count). The SMILES string of the molecule is Cc1ccc(NC(N)=NCCOc2ccc(F)cc2F)cc1C.I. The third-order valence-corrected chi connectivity index (χ3v) is 3.30. The summed E-state index contributed by atoms with van der Waals surface area (Å²) in [5.74, 6) is -1.15. The average molecular weight is 447 g/mol. The Kier molecular flexibility index (Phi) is 7.90. The molecule has 0 radical (unpaired) electrons. The van der Waals surface area contributed by atoms with Crippen molar-refractivity contribution in [3.8, 4) is 5.75 Å². The Labute approximate surface area is 157 Å². The molecule has 0 spiro atoms. The second-order valence-electron chi connectivity index (χ2n) is 5.11. The summed E-state index contributed by atoms with van der Waals surface area (Å²) in [5, 5.41) is 2.98. The Balaban J connectivity index is 0.00000288. The Morgan fingerprint density at radius 1 is 1.12 bits per heavy atom. The van der Waals surface area contributed by atoms with Crippen molar-refractivity contribution in [3.63, 3.8) is 0 Å². The fourth-order valence-corrected chi connectivity index (χ4v) is 1.92. The number of aliphatic imine (C=N–C) groups is 1. The summed E-state index contributed by atoms with van der Waals surface area (Å²) < 4.78 is 31.3. The number of rotatable bonds is 5. The van der Waals surface area contributed by atoms with Crippen LogP contribution in [-0.4, -0.2) is 19.1 Å². The number of guanidine groups is 1. The number of hydrogen-bond acceptors (Lipinski definition) is 2. The number of nitrogens with one attached hydrogen (secondary N) is 1. The smallest absolute Gasteiger partial charge is 0.193 e. The van der Waals surface area contributed by atoms with E-state index < -0.39 is 11.6 Å². The van der Waals surface area contributed by atoms with Gasteiger partial charge in [-0.15, -0.1) is 24.0 Å². The van der Waals surface area contributed by atoms with Gasteiger partial charge in [0.1, 0.15) is 12.4 Å². The Morgan fingerprint density at radius 2 is 1.88 bits per heavy atom. The molecule has 0 fully saturated rings. The van der Waals surface area contributed by atoms with E-state index in [1.54, 1.807) is 0 Å². The van der Waals surface area contributed by atoms with Gasteiger partial charge in [0.15, 0.2) is 17.5 Å². The number of halogens is 3. The summed E-state index contributed by atoms with van der Waals surface area (Å²) in [7, 11) is 0. The number of ether oxygens (including phenoxy) is 1. The average Bonchev–Trinajstić information content (AvgIpc) is 2.49. The highest BCUT2D eigenvalue weighted by Crippen LogP contribution is 2.17. The minimum absolute atomic E-state index is 0. The molecule has 0 bridgehead atoms. The zero-order chi connectivity index (χ0) is 16.8. The zero-order valence-electron chi connectivity index (χ0n) is 13.5. The summed E-state index contributed by atoms with van der Waals surface area (Å²) in [6.07, 6.45) is 0. The molecule has 0 atom stereocenters. The fraction of sp³-hybridized carbons (Fsp3) is 0.235. The molecule has 0 unspecified atom stereocenters. The largest absolute Gasteiger partial charge is 0.489 e. The monoisotopic (exact) mass is 447 g/mol. The topological polar surface area (TPSA) is 59.6 Å². The molecule has 0 amide bonds. The quantitative estimate of drug-likeness (QED) is 0.315. The molecule has 0 saturated heterocycles. The number of nitrogens with two attached hydrogens (primary N) is 1. The van der Waals surface area contributed by atoms with Crippen molar-refractivity contribution >= 4 is 35.6 Å². The van der Waals surface area contributed by atoms with E-state index in [9.17, 15) is 8.78 Å². The van der Waals surface area contributed by atoms with E-state index in [2.05, 4.69) is 10.3 Å². The van der Waals surface area contributed by atoms with E-state index >= 15 is 0 Å². The minimum atomic E-state index is -0.741. The van der Waals surface area contributed by atoms with Crippen LogP contribution in [0.5, 0.6) is 5.75 Å². The molecule has 0 aliphatic carbocycles. The summed E-state index contributed by atoms with van der Waals surface area (Å²) in [6, 6.07) is 9.03. The van der Waals surface area contributed by atoms with Crippen LogP contribution in [0.25, 0.3) is 0 Å². The van der Waals surface area contributed by atoms with Crippen molar-refractivity contribution < 1.29 is 13.5 Å². The number of anilines is 1. The molecule has 2 aromatic carbocycles. The maximum atomic E-state index is 13.4. The molecule has 7 heteroatoms. The van der Waals surface area contributed by atoms with Crippen LogP contribution in [0.15, 0.2) is 41.4 Å². The van der Waals surface area contributed by atoms with Crippen LogP contribution in [0, 0.1) is 25.5 Å². The number of benzene rings is 2. The molecular weight excluding hydrogens is 427 g/mol. The second kappa shape index (κ2) is 9.41. The van der Waals surface area contributed by atoms with Crippen LogP contribution >= 0.6 is 24.0 Å². The van der Waals surface area contributed by atoms with Crippen LogP contribution in [0.3, 0.4) is 0 Å². The van der Waals surface area contributed by atoms with E-state index in [-0.39, 0.29) is 48.8 Å². The first-order valence-electron chi connectivity index (χ1n) is 7.18. The lowest BCUT2D eigenvalue weighted by Crippen LogP contribution is -2.23. The molecule has 3 N–H and O–H groups in total. The third-order valence-electron chi connectivity index (χ3n) is 3.30. The molecule has 130 valence electrons. The Bertz CT molecular complexity index is 723. The van der Waals surface area contributed by atoms with Gasteiger partial charge in [0.2, 0.25) is 0 Å². The molecular formula is C17H20F2IN3O. The maximum absolute atomic E-state index is 13.4. The number of aryl methyl sites for hydroxylation is 2. The van der Waals surface area contributed by atoms with Crippen LogP contribution in [0.2, 0.25) is 0 Å². The molecule has 4 nitrogen and oxygen atoms in total. The normalized spacial score (nSPS) is 10.9. The van der Waals surface area contributed by atoms with Gasteiger partial charge in [-0.25, -0.2) is 13.8 Å². The van der Waals surface area contributed by atoms with E-state index in [0.717, 1.165) is 23.4 Å². The van der Waals surface area contributed by atoms with Gasteiger partial charge in [-0.05, 0) is 49.2 Å². The van der Waals surface area contributed by atoms with Crippen LogP contribution in [0.4, 0.5) is 14.5 Å². The van der Waals surface area contributed by atoms with Crippen molar-refractivity contribution in [1.29, 1.82) is 0 Å². The first-order chi connectivity index (χ1) is 11.0. The lowest BCUT2D eigenvalue weighted by molar-refractivity contribution is 0.310. The lowest BCUT2D eigenvalue weighted by Gasteiger charge is -2.09. The predicted molar refractivity (Wildman–Crippen MR) is 103 cm³/mol. The molecule has 0 heterocycles. The standard InChI is InChI=1S/C17H19F2N3O.HI/c1-11-3-5-14(9-12(11)2)22-17(20)21-7-8-23-16-6-4-13(18)10-15(16)19;/h3-6,9-10H,7-8H2,1-2H3,(H3,20,21,22);1H. The highest BCUT2D eigenvalue weighted by molar-refractivity contribution is 14.0. The van der Waals surface area contributed by atoms with Gasteiger partial charge in [0.25, 0.3) is 0 Å². The van der Waals surface area contributed by atoms with Crippen LogP contribution in [-0.2, 0) is 0 Å². The summed E-state index contributed by atoms with van der Waals surface area (Å²) in [4.78, 5) is 4.10. The van der Waals surface area contributed by atoms with Crippen molar-refractivity contribution in [3.05, 3.63) is 59.2 Å². The summed E-state index contributed by atoms with van der Waals surface area (Å²) in [5.41, 5.74) is 8.98. The Hall–Kier alpha value is -1.90. The summed E-state index contributed by atoms with van der Waals surface area (Å²) >= 11 is 0. The summed E-state index contributed by atoms with van der Waals surface area (Å²) in [6.45, 7) is 4.43. The van der Waals surface area contributed by atoms with Gasteiger partial charge >= 0.3 is 0 Å². The van der Waals surface area contributed by atoms with Crippen molar-refractivity contribution in [2.45, 2.75) is 13.8 Å². The van der Waals surface area contributed by atoms with Crippen LogP contribution < -0.4 is 15.8 Å². The molecule has 0 aliphatic rings. The van der Waals surface area contributed by atoms with Gasteiger partial charge in [-0.2, -0.15) is 0 Å². The third kappa shape index (κ3) is 5.95. The second-order valence-corrected chi connectivity index (χ2v) is 5.11. The van der Waals surface area contributed by atoms with Gasteiger partial charge in [-0.1, -0.05) is 6.07 Å². The molecule has 24 heavy (non-hydrogen) atoms. The van der Waals surface area contributed by atoms with E-state index in [0.29, 0.717) is 0 Å². The number of nitrogens with zero attached hydrogens (tertiary/aromatic N) is 1. The lowest BCUT2D eigenvalue weighted by atomic mass is 10.1. The highest BCUT2D eigenvalue weighted by Gasteiger charge is 2.04. The number of hydrogen-bond donors (Lipinski definition) is 2. The molecule has 2 aromatic rings. The van der Waals surface area contributed by atoms with Gasteiger partial charge in [0, 0.05) is 11.8 Å². The van der Waals surface area contributed by atoms with E-state index in [4.69, 9.17) is 10.5 Å². The van der Waals surface area contributed by atoms with Crippen molar-refractivity contribution in [2.24, 2.45) is 10.7 Å². The fourth-order valence-electron chi connectivity index (χ4n) is 1.92. The maximum Gasteiger partial charge on any atom is 0.193 e. The van der Waals surface area contributed by atoms with E-state index in [1.165, 1.54) is 11.6 Å². The van der Waals surface area contributed by atoms with Gasteiger partial charge in [0.05, 0.1) is 6.54 Å². The highest BCUT2D eigenvalue weighted by atomic mass is 127.